The van der Waals surface area contributed by atoms with Gasteiger partial charge in [0.2, 0.25) is 0 Å². The molecular weight excluding hydrogens is 232 g/mol. The number of aryl methyl sites for hydroxylation is 2. The Morgan fingerprint density at radius 3 is 2.71 bits per heavy atom. The molecule has 4 heteroatoms. The molecule has 0 aliphatic rings. The largest absolute Gasteiger partial charge is 0.288 e. The van der Waals surface area contributed by atoms with Crippen molar-refractivity contribution in [3.63, 3.8) is 0 Å². The number of thiophene rings is 1. The van der Waals surface area contributed by atoms with E-state index in [0.29, 0.717) is 0 Å². The summed E-state index contributed by atoms with van der Waals surface area (Å²) in [6.45, 7) is 3.98. The van der Waals surface area contributed by atoms with E-state index >= 15 is 0 Å². The van der Waals surface area contributed by atoms with Crippen molar-refractivity contribution in [1.82, 2.24) is 9.78 Å². The molecule has 2 aromatic heterocycles. The number of nitrogens with zero attached hydrogens (tertiary/aromatic N) is 2. The molecule has 0 aliphatic carbocycles. The predicted molar refractivity (Wildman–Crippen MR) is 70.4 cm³/mol. The third kappa shape index (κ3) is 2.53. The molecule has 17 heavy (non-hydrogen) atoms. The lowest BCUT2D eigenvalue weighted by Gasteiger charge is -1.93. The maximum Gasteiger partial charge on any atom is 0.195 e. The zero-order chi connectivity index (χ0) is 12.4. The van der Waals surface area contributed by atoms with Gasteiger partial charge in [0.05, 0.1) is 11.1 Å². The van der Waals surface area contributed by atoms with Crippen LogP contribution >= 0.6 is 11.3 Å². The molecular formula is C13H14N2OS. The van der Waals surface area contributed by atoms with Gasteiger partial charge in [-0.3, -0.25) is 9.48 Å². The van der Waals surface area contributed by atoms with Crippen LogP contribution in [0.3, 0.4) is 0 Å². The molecule has 0 amide bonds. The van der Waals surface area contributed by atoms with E-state index in [-0.39, 0.29) is 5.78 Å². The van der Waals surface area contributed by atoms with Crippen LogP contribution in [0.1, 0.15) is 25.8 Å². The van der Waals surface area contributed by atoms with E-state index in [1.807, 2.05) is 39.1 Å². The SMILES string of the molecule is Cc1ccc(C(=O)/C=C/c2cnn(C)c2C)s1. The van der Waals surface area contributed by atoms with Crippen molar-refractivity contribution in [3.05, 3.63) is 45.4 Å². The van der Waals surface area contributed by atoms with Gasteiger partial charge >= 0.3 is 0 Å². The Morgan fingerprint density at radius 1 is 1.41 bits per heavy atom. The van der Waals surface area contributed by atoms with Gasteiger partial charge in [-0.1, -0.05) is 0 Å². The van der Waals surface area contributed by atoms with Crippen molar-refractivity contribution in [1.29, 1.82) is 0 Å². The highest BCUT2D eigenvalue weighted by molar-refractivity contribution is 7.14. The Kier molecular flexibility index (Phi) is 3.24. The summed E-state index contributed by atoms with van der Waals surface area (Å²) in [6.07, 6.45) is 5.19. The van der Waals surface area contributed by atoms with E-state index in [9.17, 15) is 4.79 Å². The van der Waals surface area contributed by atoms with Gasteiger partial charge in [-0.15, -0.1) is 11.3 Å². The molecule has 0 saturated heterocycles. The lowest BCUT2D eigenvalue weighted by Crippen LogP contribution is -1.92. The molecule has 2 heterocycles. The number of hydrogen-bond donors (Lipinski definition) is 0. The van der Waals surface area contributed by atoms with Crippen LogP contribution in [0.4, 0.5) is 0 Å². The van der Waals surface area contributed by atoms with E-state index < -0.39 is 0 Å². The maximum absolute atomic E-state index is 11.8. The smallest absolute Gasteiger partial charge is 0.195 e. The highest BCUT2D eigenvalue weighted by atomic mass is 32.1. The summed E-state index contributed by atoms with van der Waals surface area (Å²) in [6, 6.07) is 3.82. The van der Waals surface area contributed by atoms with Gasteiger partial charge in [-0.2, -0.15) is 5.10 Å². The second kappa shape index (κ2) is 4.67. The Hall–Kier alpha value is -1.68. The van der Waals surface area contributed by atoms with Crippen molar-refractivity contribution in [2.24, 2.45) is 7.05 Å². The molecule has 2 rings (SSSR count). The summed E-state index contributed by atoms with van der Waals surface area (Å²) >= 11 is 1.52. The number of carbonyl (C=O) groups excluding carboxylic acids is 1. The van der Waals surface area contributed by atoms with Crippen LogP contribution in [0.25, 0.3) is 6.08 Å². The number of rotatable bonds is 3. The molecule has 0 unspecified atom stereocenters. The lowest BCUT2D eigenvalue weighted by molar-refractivity contribution is 0.105. The first kappa shape index (κ1) is 11.8. The first-order valence-electron chi connectivity index (χ1n) is 5.35. The van der Waals surface area contributed by atoms with Crippen LogP contribution in [-0.4, -0.2) is 15.6 Å². The van der Waals surface area contributed by atoms with Crippen LogP contribution in [0.2, 0.25) is 0 Å². The molecule has 2 aromatic rings. The highest BCUT2D eigenvalue weighted by Crippen LogP contribution is 2.17. The fraction of sp³-hybridized carbons (Fsp3) is 0.231. The summed E-state index contributed by atoms with van der Waals surface area (Å²) in [5.41, 5.74) is 2.03. The second-order valence-electron chi connectivity index (χ2n) is 3.92. The number of aromatic nitrogens is 2. The van der Waals surface area contributed by atoms with Gasteiger partial charge in [0, 0.05) is 23.2 Å². The van der Waals surface area contributed by atoms with Crippen LogP contribution in [0.15, 0.2) is 24.4 Å². The normalized spacial score (nSPS) is 11.2. The Balaban J connectivity index is 2.16. The molecule has 0 saturated carbocycles. The second-order valence-corrected chi connectivity index (χ2v) is 5.20. The van der Waals surface area contributed by atoms with E-state index in [0.717, 1.165) is 21.0 Å². The molecule has 88 valence electrons. The third-order valence-corrected chi connectivity index (χ3v) is 3.69. The molecule has 0 aromatic carbocycles. The summed E-state index contributed by atoms with van der Waals surface area (Å²) in [5.74, 6) is 0.0475. The van der Waals surface area contributed by atoms with Gasteiger partial charge in [0.15, 0.2) is 5.78 Å². The van der Waals surface area contributed by atoms with Crippen molar-refractivity contribution in [2.45, 2.75) is 13.8 Å². The first-order valence-corrected chi connectivity index (χ1v) is 6.17. The van der Waals surface area contributed by atoms with Gasteiger partial charge in [0.25, 0.3) is 0 Å². The maximum atomic E-state index is 11.8. The molecule has 0 fully saturated rings. The van der Waals surface area contributed by atoms with E-state index in [1.165, 1.54) is 11.3 Å². The van der Waals surface area contributed by atoms with Gasteiger partial charge < -0.3 is 0 Å². The fourth-order valence-corrected chi connectivity index (χ4v) is 2.28. The standard InChI is InChI=1S/C13H14N2OS/c1-9-4-7-13(17-9)12(16)6-5-11-8-14-15(3)10(11)2/h4-8H,1-3H3/b6-5+. The minimum absolute atomic E-state index is 0.0475. The third-order valence-electron chi connectivity index (χ3n) is 2.67. The van der Waals surface area contributed by atoms with Gasteiger partial charge in [-0.25, -0.2) is 0 Å². The monoisotopic (exact) mass is 246 g/mol. The molecule has 0 N–H and O–H groups in total. The van der Waals surface area contributed by atoms with Crippen molar-refractivity contribution in [3.8, 4) is 0 Å². The molecule has 0 bridgehead atoms. The van der Waals surface area contributed by atoms with Crippen LogP contribution in [0, 0.1) is 13.8 Å². The highest BCUT2D eigenvalue weighted by Gasteiger charge is 2.05. The summed E-state index contributed by atoms with van der Waals surface area (Å²) in [5, 5.41) is 4.13. The van der Waals surface area contributed by atoms with E-state index in [2.05, 4.69) is 5.10 Å². The number of carbonyl (C=O) groups is 1. The fourth-order valence-electron chi connectivity index (χ4n) is 1.49. The van der Waals surface area contributed by atoms with Crippen molar-refractivity contribution >= 4 is 23.2 Å². The lowest BCUT2D eigenvalue weighted by atomic mass is 10.2. The Labute approximate surface area is 104 Å². The van der Waals surface area contributed by atoms with Crippen molar-refractivity contribution in [2.75, 3.05) is 0 Å². The molecule has 0 spiro atoms. The quantitative estimate of drug-likeness (QED) is 0.616. The van der Waals surface area contributed by atoms with Crippen LogP contribution in [-0.2, 0) is 7.05 Å². The summed E-state index contributed by atoms with van der Waals surface area (Å²) in [7, 11) is 1.89. The molecule has 0 radical (unpaired) electrons. The average Bonchev–Trinajstić information content (AvgIpc) is 2.86. The first-order chi connectivity index (χ1) is 8.08. The van der Waals surface area contributed by atoms with Gasteiger partial charge in [-0.05, 0) is 38.1 Å². The number of hydrogen-bond acceptors (Lipinski definition) is 3. The summed E-state index contributed by atoms with van der Waals surface area (Å²) < 4.78 is 1.79. The van der Waals surface area contributed by atoms with Crippen molar-refractivity contribution < 1.29 is 4.79 Å². The average molecular weight is 246 g/mol. The molecule has 3 nitrogen and oxygen atoms in total. The topological polar surface area (TPSA) is 34.9 Å². The Morgan fingerprint density at radius 2 is 2.18 bits per heavy atom. The zero-order valence-electron chi connectivity index (χ0n) is 10.1. The Bertz CT molecular complexity index is 578. The molecule has 0 aliphatic heterocycles. The zero-order valence-corrected chi connectivity index (χ0v) is 10.9. The van der Waals surface area contributed by atoms with Gasteiger partial charge in [0.1, 0.15) is 0 Å². The van der Waals surface area contributed by atoms with E-state index in [4.69, 9.17) is 0 Å². The van der Waals surface area contributed by atoms with Crippen LogP contribution in [0.5, 0.6) is 0 Å². The van der Waals surface area contributed by atoms with E-state index in [1.54, 1.807) is 17.0 Å². The minimum Gasteiger partial charge on any atom is -0.288 e. The molecule has 0 atom stereocenters. The van der Waals surface area contributed by atoms with Crippen LogP contribution < -0.4 is 0 Å². The minimum atomic E-state index is 0.0475. The predicted octanol–water partition coefficient (Wildman–Crippen LogP) is 2.99. The summed E-state index contributed by atoms with van der Waals surface area (Å²) in [4.78, 5) is 13.8. The number of ketones is 1. The number of allylic oxidation sites excluding steroid dienone is 1.